The molecule has 0 fully saturated rings. The highest BCUT2D eigenvalue weighted by molar-refractivity contribution is 5.91. The van der Waals surface area contributed by atoms with Crippen LogP contribution in [0.15, 0.2) is 30.7 Å². The van der Waals surface area contributed by atoms with Crippen LogP contribution in [0.25, 0.3) is 11.1 Å². The van der Waals surface area contributed by atoms with Gasteiger partial charge in [-0.15, -0.1) is 0 Å². The van der Waals surface area contributed by atoms with Crippen LogP contribution in [0.3, 0.4) is 0 Å². The maximum absolute atomic E-state index is 11.6. The number of carbonyl (C=O) groups excluding carboxylic acids is 1. The smallest absolute Gasteiger partial charge is 0.320 e. The molecule has 1 aliphatic rings. The number of fused-ring (bicyclic) bond motifs is 1. The van der Waals surface area contributed by atoms with Gasteiger partial charge < -0.3 is 15.4 Å². The van der Waals surface area contributed by atoms with Crippen LogP contribution in [0.1, 0.15) is 18.4 Å². The van der Waals surface area contributed by atoms with E-state index in [1.807, 2.05) is 20.2 Å². The highest BCUT2D eigenvalue weighted by Crippen LogP contribution is 2.30. The maximum Gasteiger partial charge on any atom is 0.320 e. The number of ether oxygens (including phenoxy) is 1. The Balaban J connectivity index is 1.75. The number of carbonyl (C=O) groups is 1. The molecule has 7 heteroatoms. The maximum atomic E-state index is 11.6. The number of amides is 2. The van der Waals surface area contributed by atoms with E-state index < -0.39 is 6.03 Å². The first-order chi connectivity index (χ1) is 12.5. The van der Waals surface area contributed by atoms with E-state index in [0.29, 0.717) is 19.0 Å². The normalized spacial score (nSPS) is 13.6. The Morgan fingerprint density at radius 3 is 2.85 bits per heavy atom. The molecule has 3 rings (SSSR count). The highest BCUT2D eigenvalue weighted by atomic mass is 16.5. The number of rotatable bonds is 6. The summed E-state index contributed by atoms with van der Waals surface area (Å²) < 4.78 is 5.80. The Morgan fingerprint density at radius 1 is 1.27 bits per heavy atom. The molecule has 2 aromatic heterocycles. The van der Waals surface area contributed by atoms with Gasteiger partial charge in [-0.05, 0) is 51.1 Å². The van der Waals surface area contributed by atoms with Gasteiger partial charge in [-0.1, -0.05) is 0 Å². The van der Waals surface area contributed by atoms with Crippen LogP contribution in [-0.4, -0.2) is 54.7 Å². The minimum atomic E-state index is -0.457. The summed E-state index contributed by atoms with van der Waals surface area (Å²) >= 11 is 0. The number of hydrogen-bond donors (Lipinski definition) is 1. The minimum absolute atomic E-state index is 0.457. The Kier molecular flexibility index (Phi) is 5.68. The Morgan fingerprint density at radius 2 is 2.08 bits per heavy atom. The third-order valence-corrected chi connectivity index (χ3v) is 4.36. The Bertz CT molecular complexity index is 778. The molecule has 2 aromatic rings. The number of hydrogen-bond acceptors (Lipinski definition) is 5. The molecule has 0 aromatic carbocycles. The third-order valence-electron chi connectivity index (χ3n) is 4.36. The lowest BCUT2D eigenvalue weighted by molar-refractivity contribution is 0.253. The summed E-state index contributed by atoms with van der Waals surface area (Å²) in [6.07, 6.45) is 8.00. The van der Waals surface area contributed by atoms with E-state index in [1.54, 1.807) is 18.6 Å². The molecule has 7 nitrogen and oxygen atoms in total. The third kappa shape index (κ3) is 4.29. The lowest BCUT2D eigenvalue weighted by Crippen LogP contribution is -2.40. The second kappa shape index (κ2) is 8.14. The van der Waals surface area contributed by atoms with Gasteiger partial charge >= 0.3 is 6.03 Å². The van der Waals surface area contributed by atoms with Crippen LogP contribution in [0.5, 0.6) is 5.75 Å². The van der Waals surface area contributed by atoms with Gasteiger partial charge in [0.15, 0.2) is 0 Å². The van der Waals surface area contributed by atoms with Crippen molar-refractivity contribution < 1.29 is 9.53 Å². The zero-order valence-corrected chi connectivity index (χ0v) is 15.3. The molecule has 26 heavy (non-hydrogen) atoms. The number of pyridine rings is 2. The SMILES string of the molecule is CN(C)CCCOc1cncc(-c2cnc3c(c2)CCCN3C(N)=O)c1. The second-order valence-corrected chi connectivity index (χ2v) is 6.71. The first kappa shape index (κ1) is 18.1. The van der Waals surface area contributed by atoms with Crippen molar-refractivity contribution in [3.8, 4) is 16.9 Å². The van der Waals surface area contributed by atoms with E-state index in [-0.39, 0.29) is 0 Å². The van der Waals surface area contributed by atoms with Gasteiger partial charge in [-0.3, -0.25) is 9.88 Å². The van der Waals surface area contributed by atoms with Gasteiger partial charge in [0.1, 0.15) is 11.6 Å². The molecule has 0 radical (unpaired) electrons. The summed E-state index contributed by atoms with van der Waals surface area (Å²) in [5.41, 5.74) is 8.38. The van der Waals surface area contributed by atoms with Crippen molar-refractivity contribution in [1.29, 1.82) is 0 Å². The van der Waals surface area contributed by atoms with Gasteiger partial charge in [0.2, 0.25) is 0 Å². The highest BCUT2D eigenvalue weighted by Gasteiger charge is 2.22. The van der Waals surface area contributed by atoms with E-state index >= 15 is 0 Å². The molecule has 0 spiro atoms. The van der Waals surface area contributed by atoms with Crippen LogP contribution in [0, 0.1) is 0 Å². The number of aromatic nitrogens is 2. The molecule has 3 heterocycles. The average Bonchev–Trinajstić information content (AvgIpc) is 2.64. The minimum Gasteiger partial charge on any atom is -0.492 e. The zero-order valence-electron chi connectivity index (χ0n) is 15.3. The quantitative estimate of drug-likeness (QED) is 0.804. The summed E-state index contributed by atoms with van der Waals surface area (Å²) in [4.78, 5) is 24.0. The van der Waals surface area contributed by atoms with Crippen LogP contribution >= 0.6 is 0 Å². The first-order valence-corrected chi connectivity index (χ1v) is 8.83. The average molecular weight is 355 g/mol. The standard InChI is InChI=1S/C19H25N5O2/c1-23(2)6-4-8-26-17-10-16(11-21-13-17)15-9-14-5-3-7-24(19(20)25)18(14)22-12-15/h9-13H,3-8H2,1-2H3,(H2,20,25). The van der Waals surface area contributed by atoms with E-state index in [2.05, 4.69) is 20.9 Å². The summed E-state index contributed by atoms with van der Waals surface area (Å²) in [6, 6.07) is 3.58. The van der Waals surface area contributed by atoms with Crippen LogP contribution in [0.2, 0.25) is 0 Å². The number of anilines is 1. The lowest BCUT2D eigenvalue weighted by atomic mass is 10.0. The molecule has 0 saturated carbocycles. The Hall–Kier alpha value is -2.67. The predicted molar refractivity (Wildman–Crippen MR) is 101 cm³/mol. The monoisotopic (exact) mass is 355 g/mol. The summed E-state index contributed by atoms with van der Waals surface area (Å²) in [5.74, 6) is 1.41. The second-order valence-electron chi connectivity index (χ2n) is 6.71. The summed E-state index contributed by atoms with van der Waals surface area (Å²) in [6.45, 7) is 2.25. The van der Waals surface area contributed by atoms with Crippen molar-refractivity contribution >= 4 is 11.8 Å². The molecule has 0 saturated heterocycles. The van der Waals surface area contributed by atoms with E-state index in [0.717, 1.165) is 48.2 Å². The molecule has 0 bridgehead atoms. The fourth-order valence-electron chi connectivity index (χ4n) is 3.06. The number of aryl methyl sites for hydroxylation is 1. The summed E-state index contributed by atoms with van der Waals surface area (Å²) in [7, 11) is 4.09. The molecule has 0 aliphatic carbocycles. The molecule has 0 atom stereocenters. The lowest BCUT2D eigenvalue weighted by Gasteiger charge is -2.26. The van der Waals surface area contributed by atoms with Crippen molar-refractivity contribution in [3.05, 3.63) is 36.3 Å². The van der Waals surface area contributed by atoms with Gasteiger partial charge in [0.05, 0.1) is 12.8 Å². The fourth-order valence-corrected chi connectivity index (χ4v) is 3.06. The number of nitrogens with two attached hydrogens (primary N) is 1. The zero-order chi connectivity index (χ0) is 18.5. The van der Waals surface area contributed by atoms with Crippen molar-refractivity contribution in [3.63, 3.8) is 0 Å². The van der Waals surface area contributed by atoms with Gasteiger partial charge in [0, 0.05) is 36.6 Å². The first-order valence-electron chi connectivity index (χ1n) is 8.83. The van der Waals surface area contributed by atoms with Crippen molar-refractivity contribution in [2.45, 2.75) is 19.3 Å². The van der Waals surface area contributed by atoms with Crippen LogP contribution < -0.4 is 15.4 Å². The number of urea groups is 1. The number of nitrogens with zero attached hydrogens (tertiary/aromatic N) is 4. The van der Waals surface area contributed by atoms with Gasteiger partial charge in [-0.2, -0.15) is 0 Å². The largest absolute Gasteiger partial charge is 0.492 e. The van der Waals surface area contributed by atoms with Crippen LogP contribution in [0.4, 0.5) is 10.6 Å². The summed E-state index contributed by atoms with van der Waals surface area (Å²) in [5, 5.41) is 0. The Labute approximate surface area is 153 Å². The number of primary amides is 1. The van der Waals surface area contributed by atoms with E-state index in [4.69, 9.17) is 10.5 Å². The van der Waals surface area contributed by atoms with Crippen molar-refractivity contribution in [2.24, 2.45) is 5.73 Å². The topological polar surface area (TPSA) is 84.6 Å². The van der Waals surface area contributed by atoms with E-state index in [9.17, 15) is 4.79 Å². The van der Waals surface area contributed by atoms with Crippen molar-refractivity contribution in [1.82, 2.24) is 14.9 Å². The molecule has 2 N–H and O–H groups in total. The van der Waals surface area contributed by atoms with Crippen LogP contribution in [-0.2, 0) is 6.42 Å². The molecular weight excluding hydrogens is 330 g/mol. The van der Waals surface area contributed by atoms with Crippen molar-refractivity contribution in [2.75, 3.05) is 38.7 Å². The molecule has 138 valence electrons. The van der Waals surface area contributed by atoms with Gasteiger partial charge in [-0.25, -0.2) is 9.78 Å². The molecule has 0 unspecified atom stereocenters. The molecule has 2 amide bonds. The van der Waals surface area contributed by atoms with Gasteiger partial charge in [0.25, 0.3) is 0 Å². The fraction of sp³-hybridized carbons (Fsp3) is 0.421. The van der Waals surface area contributed by atoms with E-state index in [1.165, 1.54) is 4.90 Å². The predicted octanol–water partition coefficient (Wildman–Crippen LogP) is 2.31. The molecular formula is C19H25N5O2. The molecule has 1 aliphatic heterocycles.